The Morgan fingerprint density at radius 1 is 1.35 bits per heavy atom. The fourth-order valence-corrected chi connectivity index (χ4v) is 3.37. The maximum Gasteiger partial charge on any atom is 0.352 e. The minimum absolute atomic E-state index is 0.200. The lowest BCUT2D eigenvalue weighted by Gasteiger charge is -2.13. The Morgan fingerprint density at radius 2 is 2.04 bits per heavy atom. The second-order valence-corrected chi connectivity index (χ2v) is 6.40. The van der Waals surface area contributed by atoms with E-state index >= 15 is 0 Å². The number of hydrogen-bond acceptors (Lipinski definition) is 6. The van der Waals surface area contributed by atoms with Gasteiger partial charge in [-0.25, -0.2) is 4.79 Å². The van der Waals surface area contributed by atoms with Crippen LogP contribution < -0.4 is 0 Å². The number of aryl methyl sites for hydroxylation is 2. The number of ether oxygens (including phenoxy) is 1. The van der Waals surface area contributed by atoms with Crippen LogP contribution in [0.3, 0.4) is 0 Å². The third-order valence-electron chi connectivity index (χ3n) is 3.71. The van der Waals surface area contributed by atoms with Crippen LogP contribution in [0.5, 0.6) is 0 Å². The molecule has 0 radical (unpaired) electrons. The van der Waals surface area contributed by atoms with Crippen LogP contribution in [0.1, 0.15) is 63.9 Å². The molecule has 7 heteroatoms. The fraction of sp³-hybridized carbons (Fsp3) is 0.500. The van der Waals surface area contributed by atoms with E-state index in [1.54, 1.807) is 0 Å². The molecule has 0 aliphatic rings. The molecule has 0 aromatic carbocycles. The van der Waals surface area contributed by atoms with Gasteiger partial charge < -0.3 is 9.30 Å². The number of esters is 1. The highest BCUT2D eigenvalue weighted by Crippen LogP contribution is 2.21. The number of carbonyl (C=O) groups is 2. The lowest BCUT2D eigenvalue weighted by Crippen LogP contribution is -2.15. The van der Waals surface area contributed by atoms with E-state index in [4.69, 9.17) is 4.74 Å². The minimum atomic E-state index is -0.539. The van der Waals surface area contributed by atoms with E-state index in [2.05, 4.69) is 28.0 Å². The minimum Gasteiger partial charge on any atom is -0.453 e. The van der Waals surface area contributed by atoms with Crippen molar-refractivity contribution >= 4 is 23.3 Å². The van der Waals surface area contributed by atoms with Gasteiger partial charge in [0.1, 0.15) is 0 Å². The van der Waals surface area contributed by atoms with Gasteiger partial charge in [-0.1, -0.05) is 11.4 Å². The van der Waals surface area contributed by atoms with Crippen molar-refractivity contribution in [2.75, 3.05) is 6.61 Å². The van der Waals surface area contributed by atoms with Crippen molar-refractivity contribution in [2.45, 2.75) is 47.1 Å². The molecule has 0 bridgehead atoms. The highest BCUT2D eigenvalue weighted by molar-refractivity contribution is 7.07. The largest absolute Gasteiger partial charge is 0.453 e. The van der Waals surface area contributed by atoms with Gasteiger partial charge in [-0.15, -0.1) is 5.10 Å². The van der Waals surface area contributed by atoms with Gasteiger partial charge in [0.2, 0.25) is 5.78 Å². The number of nitrogens with zero attached hydrogens (tertiary/aromatic N) is 3. The molecule has 124 valence electrons. The lowest BCUT2D eigenvalue weighted by molar-refractivity contribution is 0.0478. The summed E-state index contributed by atoms with van der Waals surface area (Å²) in [6, 6.07) is 2.12. The standard InChI is InChI=1S/C16H21N3O3S/c1-6-13-15(23-18-17-13)16(21)22-8-14(20)12-7-10(4)19(9(2)3)11(12)5/h7,9H,6,8H2,1-5H3. The normalized spacial score (nSPS) is 11.0. The van der Waals surface area contributed by atoms with Crippen molar-refractivity contribution in [1.82, 2.24) is 14.2 Å². The van der Waals surface area contributed by atoms with Gasteiger partial charge >= 0.3 is 5.97 Å². The first-order valence-corrected chi connectivity index (χ1v) is 8.34. The molecular formula is C16H21N3O3S. The quantitative estimate of drug-likeness (QED) is 0.599. The van der Waals surface area contributed by atoms with Crippen LogP contribution in [-0.2, 0) is 11.2 Å². The third kappa shape index (κ3) is 3.50. The molecular weight excluding hydrogens is 314 g/mol. The first kappa shape index (κ1) is 17.3. The summed E-state index contributed by atoms with van der Waals surface area (Å²) < 4.78 is 11.0. The van der Waals surface area contributed by atoms with Crippen molar-refractivity contribution in [2.24, 2.45) is 0 Å². The van der Waals surface area contributed by atoms with Crippen LogP contribution >= 0.6 is 11.5 Å². The summed E-state index contributed by atoms with van der Waals surface area (Å²) in [6.45, 7) is 9.62. The highest BCUT2D eigenvalue weighted by Gasteiger charge is 2.21. The van der Waals surface area contributed by atoms with Gasteiger partial charge in [0, 0.05) is 23.0 Å². The molecule has 0 unspecified atom stereocenters. The Labute approximate surface area is 139 Å². The smallest absolute Gasteiger partial charge is 0.352 e. The Morgan fingerprint density at radius 3 is 2.61 bits per heavy atom. The SMILES string of the molecule is CCc1nnsc1C(=O)OCC(=O)c1cc(C)n(C(C)C)c1C. The number of Topliss-reactive ketones (excluding diaryl/α,β-unsaturated/α-hetero) is 1. The molecule has 0 atom stereocenters. The van der Waals surface area contributed by atoms with Gasteiger partial charge in [-0.2, -0.15) is 0 Å². The molecule has 2 aromatic heterocycles. The molecule has 0 N–H and O–H groups in total. The Kier molecular flexibility index (Phi) is 5.30. The molecule has 2 rings (SSSR count). The van der Waals surface area contributed by atoms with Gasteiger partial charge in [-0.3, -0.25) is 4.79 Å². The maximum atomic E-state index is 12.4. The van der Waals surface area contributed by atoms with E-state index in [1.807, 2.05) is 26.8 Å². The summed E-state index contributed by atoms with van der Waals surface area (Å²) in [5.41, 5.74) is 3.12. The summed E-state index contributed by atoms with van der Waals surface area (Å²) in [5, 5.41) is 3.87. The molecule has 2 heterocycles. The summed E-state index contributed by atoms with van der Waals surface area (Å²) in [4.78, 5) is 24.8. The molecule has 0 saturated carbocycles. The highest BCUT2D eigenvalue weighted by atomic mass is 32.1. The van der Waals surface area contributed by atoms with E-state index in [9.17, 15) is 9.59 Å². The molecule has 23 heavy (non-hydrogen) atoms. The third-order valence-corrected chi connectivity index (χ3v) is 4.46. The Balaban J connectivity index is 2.09. The summed E-state index contributed by atoms with van der Waals surface area (Å²) in [6.07, 6.45) is 0.602. The van der Waals surface area contributed by atoms with Crippen LogP contribution in [0.2, 0.25) is 0 Å². The van der Waals surface area contributed by atoms with Crippen LogP contribution in [0.25, 0.3) is 0 Å². The van der Waals surface area contributed by atoms with Gasteiger partial charge in [0.15, 0.2) is 11.5 Å². The molecule has 0 saturated heterocycles. The van der Waals surface area contributed by atoms with Gasteiger partial charge in [0.05, 0.1) is 5.69 Å². The number of ketones is 1. The number of hydrogen-bond donors (Lipinski definition) is 0. The van der Waals surface area contributed by atoms with Crippen molar-refractivity contribution < 1.29 is 14.3 Å². The van der Waals surface area contributed by atoms with Crippen LogP contribution in [0.4, 0.5) is 0 Å². The zero-order valence-electron chi connectivity index (χ0n) is 14.0. The van der Waals surface area contributed by atoms with E-state index in [1.165, 1.54) is 0 Å². The molecule has 0 aliphatic heterocycles. The second-order valence-electron chi connectivity index (χ2n) is 5.65. The van der Waals surface area contributed by atoms with Crippen molar-refractivity contribution in [3.05, 3.63) is 33.6 Å². The maximum absolute atomic E-state index is 12.4. The summed E-state index contributed by atoms with van der Waals surface area (Å²) in [5.74, 6) is -0.739. The fourth-order valence-electron chi connectivity index (χ4n) is 2.72. The second kappa shape index (κ2) is 7.04. The zero-order chi connectivity index (χ0) is 17.1. The Hall–Kier alpha value is -2.02. The first-order chi connectivity index (χ1) is 10.9. The molecule has 2 aromatic rings. The number of carbonyl (C=O) groups excluding carboxylic acids is 2. The van der Waals surface area contributed by atoms with E-state index in [0.29, 0.717) is 22.6 Å². The Bertz CT molecular complexity index is 731. The van der Waals surface area contributed by atoms with E-state index in [-0.39, 0.29) is 18.4 Å². The molecule has 0 aliphatic carbocycles. The first-order valence-electron chi connectivity index (χ1n) is 7.56. The van der Waals surface area contributed by atoms with Gasteiger partial charge in [-0.05, 0) is 51.7 Å². The molecule has 0 spiro atoms. The molecule has 6 nitrogen and oxygen atoms in total. The van der Waals surface area contributed by atoms with Crippen molar-refractivity contribution in [1.29, 1.82) is 0 Å². The molecule has 0 fully saturated rings. The predicted octanol–water partition coefficient (Wildman–Crippen LogP) is 3.14. The predicted molar refractivity (Wildman–Crippen MR) is 88.2 cm³/mol. The molecule has 0 amide bonds. The average molecular weight is 335 g/mol. The van der Waals surface area contributed by atoms with Crippen LogP contribution in [0.15, 0.2) is 6.07 Å². The van der Waals surface area contributed by atoms with Crippen molar-refractivity contribution in [3.8, 4) is 0 Å². The zero-order valence-corrected chi connectivity index (χ0v) is 14.9. The van der Waals surface area contributed by atoms with E-state index < -0.39 is 5.97 Å². The monoisotopic (exact) mass is 335 g/mol. The number of rotatable bonds is 6. The van der Waals surface area contributed by atoms with E-state index in [0.717, 1.165) is 22.9 Å². The number of aromatic nitrogens is 3. The topological polar surface area (TPSA) is 74.1 Å². The van der Waals surface area contributed by atoms with Crippen LogP contribution in [-0.4, -0.2) is 32.5 Å². The van der Waals surface area contributed by atoms with Gasteiger partial charge in [0.25, 0.3) is 0 Å². The average Bonchev–Trinajstić information content (AvgIpc) is 3.08. The lowest BCUT2D eigenvalue weighted by atomic mass is 10.1. The summed E-state index contributed by atoms with van der Waals surface area (Å²) in [7, 11) is 0. The van der Waals surface area contributed by atoms with Crippen molar-refractivity contribution in [3.63, 3.8) is 0 Å². The summed E-state index contributed by atoms with van der Waals surface area (Å²) >= 11 is 0.992. The van der Waals surface area contributed by atoms with Crippen LogP contribution in [0, 0.1) is 13.8 Å².